The highest BCUT2D eigenvalue weighted by Gasteiger charge is 2.31. The molecule has 0 atom stereocenters. The second-order valence-electron chi connectivity index (χ2n) is 9.99. The molecule has 0 spiro atoms. The molecule has 0 N–H and O–H groups in total. The summed E-state index contributed by atoms with van der Waals surface area (Å²) in [5.41, 5.74) is 1.58. The molecular weight excluding hydrogens is 433 g/mol. The summed E-state index contributed by atoms with van der Waals surface area (Å²) < 4.78 is 41.8. The highest BCUT2D eigenvalue weighted by Crippen LogP contribution is 2.42. The zero-order chi connectivity index (χ0) is 22.2. The van der Waals surface area contributed by atoms with Crippen LogP contribution in [0.5, 0.6) is 0 Å². The molecule has 0 amide bonds. The van der Waals surface area contributed by atoms with Gasteiger partial charge in [0, 0.05) is 14.3 Å². The van der Waals surface area contributed by atoms with Crippen molar-refractivity contribution in [2.24, 2.45) is 11.8 Å². The van der Waals surface area contributed by atoms with E-state index in [9.17, 15) is 13.2 Å². The lowest BCUT2D eigenvalue weighted by atomic mass is 9.85. The van der Waals surface area contributed by atoms with Crippen molar-refractivity contribution in [2.45, 2.75) is 102 Å². The lowest BCUT2D eigenvalue weighted by Gasteiger charge is -2.37. The van der Waals surface area contributed by atoms with E-state index in [4.69, 9.17) is 11.6 Å². The van der Waals surface area contributed by atoms with Crippen molar-refractivity contribution in [3.63, 3.8) is 0 Å². The first-order valence-electron chi connectivity index (χ1n) is 12.5. The second-order valence-corrected chi connectivity index (χ2v) is 13.8. The van der Waals surface area contributed by atoms with E-state index in [1.54, 1.807) is 0 Å². The molecule has 0 radical (unpaired) electrons. The van der Waals surface area contributed by atoms with Crippen LogP contribution in [0, 0.1) is 23.5 Å². The molecule has 2 aliphatic rings. The number of hydrogen-bond donors (Lipinski definition) is 0. The van der Waals surface area contributed by atoms with E-state index >= 15 is 0 Å². The molecule has 0 aromatic heterocycles. The van der Waals surface area contributed by atoms with E-state index in [-0.39, 0.29) is 0 Å². The Morgan fingerprint density at radius 3 is 2.16 bits per heavy atom. The summed E-state index contributed by atoms with van der Waals surface area (Å²) >= 11 is 5.27. The third kappa shape index (κ3) is 7.12. The van der Waals surface area contributed by atoms with Crippen molar-refractivity contribution in [1.29, 1.82) is 0 Å². The normalized spacial score (nSPS) is 27.5. The van der Waals surface area contributed by atoms with Crippen LogP contribution in [0.15, 0.2) is 17.7 Å². The topological polar surface area (TPSA) is 0 Å². The Morgan fingerprint density at radius 1 is 0.968 bits per heavy atom. The van der Waals surface area contributed by atoms with Crippen LogP contribution >= 0.6 is 11.6 Å². The fraction of sp³-hybridized carbons (Fsp3) is 0.692. The van der Waals surface area contributed by atoms with E-state index in [0.29, 0.717) is 23.4 Å². The van der Waals surface area contributed by atoms with Gasteiger partial charge < -0.3 is 0 Å². The molecule has 0 bridgehead atoms. The van der Waals surface area contributed by atoms with Gasteiger partial charge in [-0.05, 0) is 47.9 Å². The monoisotopic (exact) mass is 470 g/mol. The summed E-state index contributed by atoms with van der Waals surface area (Å²) in [6.07, 6.45) is 15.7. The summed E-state index contributed by atoms with van der Waals surface area (Å²) in [6.45, 7) is 2.28. The van der Waals surface area contributed by atoms with E-state index in [1.165, 1.54) is 88.4 Å². The number of rotatable bonds is 9. The van der Waals surface area contributed by atoms with Gasteiger partial charge in [-0.25, -0.2) is 13.2 Å². The minimum atomic E-state index is -1.07. The Morgan fingerprint density at radius 2 is 1.58 bits per heavy atom. The highest BCUT2D eigenvalue weighted by molar-refractivity contribution is 6.60. The molecule has 1 saturated carbocycles. The van der Waals surface area contributed by atoms with Crippen molar-refractivity contribution in [3.8, 4) is 0 Å². The minimum Gasteiger partial charge on any atom is -0.206 e. The molecule has 31 heavy (non-hydrogen) atoms. The summed E-state index contributed by atoms with van der Waals surface area (Å²) in [6, 6.07) is 5.42. The van der Waals surface area contributed by atoms with Crippen LogP contribution in [0.4, 0.5) is 13.2 Å². The Kier molecular flexibility index (Phi) is 10.0. The lowest BCUT2D eigenvalue weighted by molar-refractivity contribution is 0.323. The van der Waals surface area contributed by atoms with Crippen molar-refractivity contribution in [1.82, 2.24) is 0 Å². The molecule has 1 heterocycles. The minimum absolute atomic E-state index is 0.572. The molecule has 3 rings (SSSR count). The van der Waals surface area contributed by atoms with Gasteiger partial charge in [-0.2, -0.15) is 0 Å². The number of benzene rings is 1. The number of halogens is 4. The third-order valence-corrected chi connectivity index (χ3v) is 12.3. The second kappa shape index (κ2) is 12.5. The van der Waals surface area contributed by atoms with Gasteiger partial charge in [0.1, 0.15) is 17.5 Å². The number of hydrogen-bond acceptors (Lipinski definition) is 0. The molecular formula is C26H38ClF3Si. The van der Waals surface area contributed by atoms with Crippen LogP contribution in [0.2, 0.25) is 17.6 Å². The molecule has 1 aliphatic heterocycles. The Hall–Kier alpha value is -0.743. The van der Waals surface area contributed by atoms with Crippen LogP contribution in [-0.4, -0.2) is 8.80 Å². The van der Waals surface area contributed by atoms with Crippen LogP contribution in [0.3, 0.4) is 0 Å². The van der Waals surface area contributed by atoms with E-state index in [2.05, 4.69) is 6.92 Å². The molecule has 5 heteroatoms. The van der Waals surface area contributed by atoms with E-state index in [0.717, 1.165) is 17.9 Å². The van der Waals surface area contributed by atoms with Gasteiger partial charge in [-0.1, -0.05) is 94.8 Å². The predicted octanol–water partition coefficient (Wildman–Crippen LogP) is 9.18. The SMILES string of the molecule is CCCCCC1CCC([SiH]2CCC(CCc3cc(F)c(C(F)=CCl)c(F)c3)CC2)CC1. The predicted molar refractivity (Wildman–Crippen MR) is 129 cm³/mol. The molecule has 1 saturated heterocycles. The molecule has 2 fully saturated rings. The average Bonchev–Trinajstić information content (AvgIpc) is 2.78. The number of aryl methyl sites for hydroxylation is 1. The first kappa shape index (κ1) is 24.9. The molecule has 1 aromatic carbocycles. The first-order valence-corrected chi connectivity index (χ1v) is 15.2. The van der Waals surface area contributed by atoms with E-state index in [1.807, 2.05) is 0 Å². The third-order valence-electron chi connectivity index (χ3n) is 7.94. The summed E-state index contributed by atoms with van der Waals surface area (Å²) in [5, 5.41) is 0. The van der Waals surface area contributed by atoms with Gasteiger partial charge in [0.2, 0.25) is 0 Å². The van der Waals surface area contributed by atoms with Gasteiger partial charge in [0.25, 0.3) is 0 Å². The molecule has 1 aliphatic carbocycles. The molecule has 1 aromatic rings. The molecule has 0 nitrogen and oxygen atoms in total. The Bertz CT molecular complexity index is 696. The van der Waals surface area contributed by atoms with Gasteiger partial charge in [0.05, 0.1) is 5.56 Å². The van der Waals surface area contributed by atoms with Gasteiger partial charge in [-0.3, -0.25) is 0 Å². The fourth-order valence-electron chi connectivity index (χ4n) is 6.00. The van der Waals surface area contributed by atoms with Crippen LogP contribution < -0.4 is 0 Å². The quantitative estimate of drug-likeness (QED) is 0.249. The maximum Gasteiger partial charge on any atom is 0.147 e. The van der Waals surface area contributed by atoms with Gasteiger partial charge >= 0.3 is 0 Å². The van der Waals surface area contributed by atoms with Gasteiger partial charge in [-0.15, -0.1) is 0 Å². The van der Waals surface area contributed by atoms with Crippen LogP contribution in [0.1, 0.15) is 88.7 Å². The maximum atomic E-state index is 14.1. The zero-order valence-corrected chi connectivity index (χ0v) is 20.9. The first-order chi connectivity index (χ1) is 15.0. The molecule has 174 valence electrons. The Balaban J connectivity index is 1.40. The lowest BCUT2D eigenvalue weighted by Crippen LogP contribution is -2.29. The summed E-state index contributed by atoms with van der Waals surface area (Å²) in [5.74, 6) is -1.15. The fourth-order valence-corrected chi connectivity index (χ4v) is 10.5. The highest BCUT2D eigenvalue weighted by atomic mass is 35.5. The van der Waals surface area contributed by atoms with Crippen molar-refractivity contribution < 1.29 is 13.2 Å². The Labute approximate surface area is 193 Å². The number of unbranched alkanes of at least 4 members (excludes halogenated alkanes) is 2. The van der Waals surface area contributed by atoms with Crippen molar-refractivity contribution in [2.75, 3.05) is 0 Å². The van der Waals surface area contributed by atoms with Crippen LogP contribution in [-0.2, 0) is 6.42 Å². The largest absolute Gasteiger partial charge is 0.206 e. The van der Waals surface area contributed by atoms with Crippen molar-refractivity contribution >= 4 is 26.2 Å². The zero-order valence-electron chi connectivity index (χ0n) is 19.0. The van der Waals surface area contributed by atoms with Crippen LogP contribution in [0.25, 0.3) is 5.83 Å². The standard InChI is InChI=1S/C26H38ClF3Si/c1-2-3-4-5-19-8-10-22(11-9-19)31-14-12-20(13-15-31)6-7-21-16-23(28)26(24(29)17-21)25(30)18-27/h16-20,22,31H,2-15H2,1H3. The maximum absolute atomic E-state index is 14.1. The smallest absolute Gasteiger partial charge is 0.147 e. The van der Waals surface area contributed by atoms with E-state index < -0.39 is 31.8 Å². The molecule has 0 unspecified atom stereocenters. The average molecular weight is 471 g/mol. The van der Waals surface area contributed by atoms with Crippen molar-refractivity contribution in [3.05, 3.63) is 40.4 Å². The summed E-state index contributed by atoms with van der Waals surface area (Å²) in [7, 11) is -0.624. The van der Waals surface area contributed by atoms with Gasteiger partial charge in [0.15, 0.2) is 0 Å². The summed E-state index contributed by atoms with van der Waals surface area (Å²) in [4.78, 5) is 0.